The summed E-state index contributed by atoms with van der Waals surface area (Å²) >= 11 is 0. The van der Waals surface area contributed by atoms with Crippen molar-refractivity contribution in [3.8, 4) is 33.5 Å². The van der Waals surface area contributed by atoms with Crippen LogP contribution in [0.25, 0.3) is 55.4 Å². The summed E-state index contributed by atoms with van der Waals surface area (Å²) < 4.78 is 6.48. The van der Waals surface area contributed by atoms with Crippen LogP contribution in [0, 0.1) is 0 Å². The summed E-state index contributed by atoms with van der Waals surface area (Å²) in [7, 11) is 0. The van der Waals surface area contributed by atoms with E-state index in [0.29, 0.717) is 0 Å². The first kappa shape index (κ1) is 21.4. The molecule has 0 radical (unpaired) electrons. The van der Waals surface area contributed by atoms with E-state index in [4.69, 9.17) is 9.40 Å². The summed E-state index contributed by atoms with van der Waals surface area (Å²) in [5, 5.41) is 2.26. The zero-order chi connectivity index (χ0) is 24.0. The van der Waals surface area contributed by atoms with E-state index in [9.17, 15) is 0 Å². The number of hydrogen-bond acceptors (Lipinski definition) is 2. The Kier molecular flexibility index (Phi) is 5.04. The SMILES string of the molecule is CC(C)(C)c1ccnc(-c2cccc3c2oc2cccc(-c4ccc(-c5ccccc5)cc4)c23)c1. The van der Waals surface area contributed by atoms with Gasteiger partial charge >= 0.3 is 0 Å². The predicted octanol–water partition coefficient (Wildman–Crippen LogP) is 9.28. The normalized spacial score (nSPS) is 11.9. The van der Waals surface area contributed by atoms with E-state index >= 15 is 0 Å². The molecule has 4 aromatic carbocycles. The van der Waals surface area contributed by atoms with E-state index in [-0.39, 0.29) is 5.41 Å². The van der Waals surface area contributed by atoms with Crippen LogP contribution in [0.15, 0.2) is 114 Å². The number of furan rings is 1. The molecule has 2 nitrogen and oxygen atoms in total. The first-order chi connectivity index (χ1) is 17.0. The average molecular weight is 454 g/mol. The Morgan fingerprint density at radius 1 is 0.629 bits per heavy atom. The van der Waals surface area contributed by atoms with Crippen molar-refractivity contribution in [2.45, 2.75) is 26.2 Å². The maximum atomic E-state index is 6.48. The first-order valence-electron chi connectivity index (χ1n) is 12.1. The molecule has 0 amide bonds. The van der Waals surface area contributed by atoms with Crippen LogP contribution in [0.4, 0.5) is 0 Å². The lowest BCUT2D eigenvalue weighted by atomic mass is 9.87. The van der Waals surface area contributed by atoms with Gasteiger partial charge < -0.3 is 4.42 Å². The van der Waals surface area contributed by atoms with Crippen molar-refractivity contribution in [1.29, 1.82) is 0 Å². The van der Waals surface area contributed by atoms with E-state index in [1.54, 1.807) is 0 Å². The van der Waals surface area contributed by atoms with Crippen LogP contribution in [-0.4, -0.2) is 4.98 Å². The fourth-order valence-electron chi connectivity index (χ4n) is 4.81. The fourth-order valence-corrected chi connectivity index (χ4v) is 4.81. The quantitative estimate of drug-likeness (QED) is 0.267. The summed E-state index contributed by atoms with van der Waals surface area (Å²) in [6.45, 7) is 6.68. The number of aromatic nitrogens is 1. The standard InChI is InChI=1S/C33H27NO/c1-33(2,3)25-19-20-34-29(21-25)27-12-7-13-28-31-26(11-8-14-30(31)35-32(27)28)24-17-15-23(16-18-24)22-9-5-4-6-10-22/h4-21H,1-3H3. The van der Waals surface area contributed by atoms with E-state index in [1.807, 2.05) is 12.3 Å². The number of para-hydroxylation sites is 1. The van der Waals surface area contributed by atoms with Crippen LogP contribution in [-0.2, 0) is 5.41 Å². The Balaban J connectivity index is 1.50. The van der Waals surface area contributed by atoms with E-state index in [0.717, 1.165) is 33.2 Å². The fraction of sp³-hybridized carbons (Fsp3) is 0.121. The Labute approximate surface area is 205 Å². The summed E-state index contributed by atoms with van der Waals surface area (Å²) in [5.74, 6) is 0. The minimum atomic E-state index is 0.0541. The number of nitrogens with zero attached hydrogens (tertiary/aromatic N) is 1. The molecule has 0 aliphatic rings. The lowest BCUT2D eigenvalue weighted by Gasteiger charge is -2.19. The van der Waals surface area contributed by atoms with Crippen molar-refractivity contribution in [2.75, 3.05) is 0 Å². The lowest BCUT2D eigenvalue weighted by molar-refractivity contribution is 0.589. The highest BCUT2D eigenvalue weighted by Gasteiger charge is 2.19. The highest BCUT2D eigenvalue weighted by Crippen LogP contribution is 2.40. The Morgan fingerprint density at radius 2 is 1.31 bits per heavy atom. The van der Waals surface area contributed by atoms with Crippen LogP contribution in [0.1, 0.15) is 26.3 Å². The van der Waals surface area contributed by atoms with Crippen molar-refractivity contribution >= 4 is 21.9 Å². The van der Waals surface area contributed by atoms with Gasteiger partial charge in [0.2, 0.25) is 0 Å². The second-order valence-corrected chi connectivity index (χ2v) is 10.1. The summed E-state index contributed by atoms with van der Waals surface area (Å²) in [4.78, 5) is 4.70. The van der Waals surface area contributed by atoms with Gasteiger partial charge in [-0.3, -0.25) is 4.98 Å². The van der Waals surface area contributed by atoms with Crippen molar-refractivity contribution in [3.05, 3.63) is 115 Å². The third-order valence-electron chi connectivity index (χ3n) is 6.73. The van der Waals surface area contributed by atoms with Crippen molar-refractivity contribution < 1.29 is 4.42 Å². The number of benzene rings is 4. The number of fused-ring (bicyclic) bond motifs is 3. The Hall–Kier alpha value is -4.17. The van der Waals surface area contributed by atoms with Crippen LogP contribution in [0.3, 0.4) is 0 Å². The van der Waals surface area contributed by atoms with E-state index < -0.39 is 0 Å². The third-order valence-corrected chi connectivity index (χ3v) is 6.73. The summed E-state index contributed by atoms with van der Waals surface area (Å²) in [5.41, 5.74) is 9.84. The smallest absolute Gasteiger partial charge is 0.144 e. The van der Waals surface area contributed by atoms with Crippen molar-refractivity contribution in [2.24, 2.45) is 0 Å². The molecule has 0 N–H and O–H groups in total. The zero-order valence-electron chi connectivity index (χ0n) is 20.2. The van der Waals surface area contributed by atoms with Gasteiger partial charge in [-0.2, -0.15) is 0 Å². The second-order valence-electron chi connectivity index (χ2n) is 10.1. The van der Waals surface area contributed by atoms with E-state index in [1.165, 1.54) is 27.8 Å². The molecular weight excluding hydrogens is 426 g/mol. The van der Waals surface area contributed by atoms with Crippen LogP contribution >= 0.6 is 0 Å². The van der Waals surface area contributed by atoms with Gasteiger partial charge in [0, 0.05) is 22.5 Å². The molecule has 0 fully saturated rings. The number of rotatable bonds is 3. The highest BCUT2D eigenvalue weighted by atomic mass is 16.3. The van der Waals surface area contributed by atoms with Gasteiger partial charge in [-0.15, -0.1) is 0 Å². The van der Waals surface area contributed by atoms with Crippen molar-refractivity contribution in [1.82, 2.24) is 4.98 Å². The van der Waals surface area contributed by atoms with Gasteiger partial charge in [-0.1, -0.05) is 99.6 Å². The van der Waals surface area contributed by atoms with Crippen molar-refractivity contribution in [3.63, 3.8) is 0 Å². The second kappa shape index (κ2) is 8.25. The average Bonchev–Trinajstić information content (AvgIpc) is 3.28. The van der Waals surface area contributed by atoms with Gasteiger partial charge in [0.05, 0.1) is 5.69 Å². The van der Waals surface area contributed by atoms with Crippen LogP contribution < -0.4 is 0 Å². The molecule has 0 saturated carbocycles. The van der Waals surface area contributed by atoms with Gasteiger partial charge in [0.25, 0.3) is 0 Å². The van der Waals surface area contributed by atoms with Gasteiger partial charge in [-0.05, 0) is 57.5 Å². The molecule has 35 heavy (non-hydrogen) atoms. The Morgan fingerprint density at radius 3 is 2.09 bits per heavy atom. The minimum Gasteiger partial charge on any atom is -0.455 e. The zero-order valence-corrected chi connectivity index (χ0v) is 20.2. The summed E-state index contributed by atoms with van der Waals surface area (Å²) in [6, 6.07) is 36.2. The Bertz CT molecular complexity index is 1650. The van der Waals surface area contributed by atoms with Gasteiger partial charge in [0.15, 0.2) is 0 Å². The molecule has 0 unspecified atom stereocenters. The minimum absolute atomic E-state index is 0.0541. The molecule has 170 valence electrons. The topological polar surface area (TPSA) is 26.0 Å². The highest BCUT2D eigenvalue weighted by molar-refractivity contribution is 6.15. The molecule has 6 aromatic rings. The predicted molar refractivity (Wildman–Crippen MR) is 147 cm³/mol. The molecule has 0 aliphatic heterocycles. The summed E-state index contributed by atoms with van der Waals surface area (Å²) in [6.07, 6.45) is 1.90. The monoisotopic (exact) mass is 453 g/mol. The van der Waals surface area contributed by atoms with Crippen LogP contribution in [0.2, 0.25) is 0 Å². The van der Waals surface area contributed by atoms with Gasteiger partial charge in [0.1, 0.15) is 11.2 Å². The molecule has 0 atom stereocenters. The molecular formula is C33H27NO. The largest absolute Gasteiger partial charge is 0.455 e. The number of hydrogen-bond donors (Lipinski definition) is 0. The van der Waals surface area contributed by atoms with Gasteiger partial charge in [-0.25, -0.2) is 0 Å². The van der Waals surface area contributed by atoms with E-state index in [2.05, 4.69) is 118 Å². The molecule has 2 heteroatoms. The lowest BCUT2D eigenvalue weighted by Crippen LogP contribution is -2.11. The molecule has 2 heterocycles. The third kappa shape index (κ3) is 3.81. The molecule has 0 aliphatic carbocycles. The van der Waals surface area contributed by atoms with Crippen LogP contribution in [0.5, 0.6) is 0 Å². The molecule has 0 saturated heterocycles. The molecule has 0 bridgehead atoms. The number of pyridine rings is 1. The molecule has 2 aromatic heterocycles. The molecule has 6 rings (SSSR count). The maximum Gasteiger partial charge on any atom is 0.144 e. The maximum absolute atomic E-state index is 6.48. The molecule has 0 spiro atoms. The first-order valence-corrected chi connectivity index (χ1v) is 12.1.